The van der Waals surface area contributed by atoms with Gasteiger partial charge >= 0.3 is 0 Å². The summed E-state index contributed by atoms with van der Waals surface area (Å²) in [4.78, 5) is 16.1. The van der Waals surface area contributed by atoms with Crippen molar-refractivity contribution in [3.63, 3.8) is 0 Å². The maximum Gasteiger partial charge on any atom is 0.253 e. The number of benzene rings is 1. The Morgan fingerprint density at radius 2 is 2.05 bits per heavy atom. The molecule has 110 valence electrons. The van der Waals surface area contributed by atoms with Crippen LogP contribution in [0.1, 0.15) is 35.3 Å². The zero-order valence-corrected chi connectivity index (χ0v) is 12.7. The van der Waals surface area contributed by atoms with Crippen molar-refractivity contribution in [1.29, 1.82) is 0 Å². The van der Waals surface area contributed by atoms with Gasteiger partial charge in [0.05, 0.1) is 11.3 Å². The molecule has 0 atom stereocenters. The highest BCUT2D eigenvalue weighted by atomic mass is 16.1. The van der Waals surface area contributed by atoms with Crippen LogP contribution in [0.3, 0.4) is 0 Å². The zero-order valence-electron chi connectivity index (χ0n) is 12.7. The highest BCUT2D eigenvalue weighted by molar-refractivity contribution is 5.94. The van der Waals surface area contributed by atoms with Crippen LogP contribution in [0.25, 0.3) is 0 Å². The Kier molecular flexibility index (Phi) is 4.93. The van der Waals surface area contributed by atoms with Crippen molar-refractivity contribution in [2.24, 2.45) is 0 Å². The normalized spacial score (nSPS) is 10.5. The highest BCUT2D eigenvalue weighted by Gasteiger charge is 2.08. The Hall–Kier alpha value is -2.36. The van der Waals surface area contributed by atoms with E-state index in [1.165, 1.54) is 11.1 Å². The lowest BCUT2D eigenvalue weighted by atomic mass is 10.1. The molecule has 0 aliphatic carbocycles. The number of hydrogen-bond acceptors (Lipinski definition) is 3. The van der Waals surface area contributed by atoms with Crippen molar-refractivity contribution in [1.82, 2.24) is 10.3 Å². The minimum absolute atomic E-state index is 0.100. The van der Waals surface area contributed by atoms with Crippen LogP contribution in [-0.4, -0.2) is 16.9 Å². The van der Waals surface area contributed by atoms with Crippen LogP contribution in [0.2, 0.25) is 0 Å². The molecular weight excluding hydrogens is 262 g/mol. The van der Waals surface area contributed by atoms with E-state index in [1.807, 2.05) is 26.0 Å². The molecule has 2 aromatic rings. The molecule has 21 heavy (non-hydrogen) atoms. The first-order valence-electron chi connectivity index (χ1n) is 7.10. The molecule has 1 heterocycles. The minimum atomic E-state index is -0.100. The van der Waals surface area contributed by atoms with E-state index in [-0.39, 0.29) is 11.9 Å². The first-order valence-corrected chi connectivity index (χ1v) is 7.10. The third-order valence-electron chi connectivity index (χ3n) is 3.00. The summed E-state index contributed by atoms with van der Waals surface area (Å²) in [6, 6.07) is 10.2. The van der Waals surface area contributed by atoms with Gasteiger partial charge in [-0.3, -0.25) is 9.78 Å². The van der Waals surface area contributed by atoms with Crippen LogP contribution in [0.15, 0.2) is 42.7 Å². The molecule has 0 bridgehead atoms. The van der Waals surface area contributed by atoms with Gasteiger partial charge in [-0.25, -0.2) is 0 Å². The van der Waals surface area contributed by atoms with Crippen molar-refractivity contribution in [2.45, 2.75) is 33.4 Å². The second-order valence-electron chi connectivity index (χ2n) is 5.43. The SMILES string of the molecule is Cc1cccc(CNc2cncc(C(=O)NC(C)C)c2)c1. The average Bonchev–Trinajstić information content (AvgIpc) is 2.45. The van der Waals surface area contributed by atoms with E-state index >= 15 is 0 Å². The van der Waals surface area contributed by atoms with E-state index < -0.39 is 0 Å². The number of aryl methyl sites for hydroxylation is 1. The standard InChI is InChI=1S/C17H21N3O/c1-12(2)20-17(21)15-8-16(11-18-10-15)19-9-14-6-4-5-13(3)7-14/h4-8,10-12,19H,9H2,1-3H3,(H,20,21). The Morgan fingerprint density at radius 1 is 1.24 bits per heavy atom. The predicted octanol–water partition coefficient (Wildman–Crippen LogP) is 3.14. The largest absolute Gasteiger partial charge is 0.380 e. The van der Waals surface area contributed by atoms with Crippen LogP contribution in [0.4, 0.5) is 5.69 Å². The number of nitrogens with zero attached hydrogens (tertiary/aromatic N) is 1. The Morgan fingerprint density at radius 3 is 2.76 bits per heavy atom. The summed E-state index contributed by atoms with van der Waals surface area (Å²) in [6.45, 7) is 6.65. The summed E-state index contributed by atoms with van der Waals surface area (Å²) in [5, 5.41) is 6.16. The molecule has 0 fully saturated rings. The third-order valence-corrected chi connectivity index (χ3v) is 3.00. The molecule has 1 amide bonds. The number of anilines is 1. The Bertz CT molecular complexity index is 623. The fraction of sp³-hybridized carbons (Fsp3) is 0.294. The predicted molar refractivity (Wildman–Crippen MR) is 85.3 cm³/mol. The molecule has 0 aliphatic rings. The van der Waals surface area contributed by atoms with Gasteiger partial charge in [-0.15, -0.1) is 0 Å². The fourth-order valence-electron chi connectivity index (χ4n) is 2.03. The van der Waals surface area contributed by atoms with Gasteiger partial charge < -0.3 is 10.6 Å². The summed E-state index contributed by atoms with van der Waals surface area (Å²) >= 11 is 0. The lowest BCUT2D eigenvalue weighted by Crippen LogP contribution is -2.30. The van der Waals surface area contributed by atoms with Crippen LogP contribution in [0, 0.1) is 6.92 Å². The fourth-order valence-corrected chi connectivity index (χ4v) is 2.03. The van der Waals surface area contributed by atoms with E-state index in [4.69, 9.17) is 0 Å². The summed E-state index contributed by atoms with van der Waals surface area (Å²) in [5.41, 5.74) is 3.84. The van der Waals surface area contributed by atoms with Gasteiger partial charge in [0.25, 0.3) is 5.91 Å². The molecule has 0 unspecified atom stereocenters. The first-order chi connectivity index (χ1) is 10.0. The molecule has 1 aromatic heterocycles. The summed E-state index contributed by atoms with van der Waals surface area (Å²) in [6.07, 6.45) is 3.30. The van der Waals surface area contributed by atoms with Gasteiger partial charge in [0.2, 0.25) is 0 Å². The number of nitrogens with one attached hydrogen (secondary N) is 2. The van der Waals surface area contributed by atoms with E-state index in [2.05, 4.69) is 40.7 Å². The monoisotopic (exact) mass is 283 g/mol. The number of aromatic nitrogens is 1. The van der Waals surface area contributed by atoms with E-state index in [1.54, 1.807) is 12.4 Å². The van der Waals surface area contributed by atoms with Crippen LogP contribution >= 0.6 is 0 Å². The van der Waals surface area contributed by atoms with Gasteiger partial charge in [0, 0.05) is 25.0 Å². The number of pyridine rings is 1. The van der Waals surface area contributed by atoms with Crippen LogP contribution < -0.4 is 10.6 Å². The van der Waals surface area contributed by atoms with Crippen molar-refractivity contribution >= 4 is 11.6 Å². The smallest absolute Gasteiger partial charge is 0.253 e. The lowest BCUT2D eigenvalue weighted by Gasteiger charge is -2.10. The number of carbonyl (C=O) groups excluding carboxylic acids is 1. The number of rotatable bonds is 5. The average molecular weight is 283 g/mol. The topological polar surface area (TPSA) is 54.0 Å². The van der Waals surface area contributed by atoms with Crippen molar-refractivity contribution < 1.29 is 4.79 Å². The Balaban J connectivity index is 2.02. The minimum Gasteiger partial charge on any atom is -0.380 e. The van der Waals surface area contributed by atoms with Crippen LogP contribution in [0.5, 0.6) is 0 Å². The zero-order chi connectivity index (χ0) is 15.2. The lowest BCUT2D eigenvalue weighted by molar-refractivity contribution is 0.0943. The van der Waals surface area contributed by atoms with Crippen molar-refractivity contribution in [3.05, 3.63) is 59.4 Å². The molecule has 0 saturated heterocycles. The summed E-state index contributed by atoms with van der Waals surface area (Å²) in [5.74, 6) is -0.100. The van der Waals surface area contributed by atoms with E-state index in [0.717, 1.165) is 5.69 Å². The third kappa shape index (κ3) is 4.60. The van der Waals surface area contributed by atoms with Crippen molar-refractivity contribution in [2.75, 3.05) is 5.32 Å². The van der Waals surface area contributed by atoms with Crippen LogP contribution in [-0.2, 0) is 6.54 Å². The first kappa shape index (κ1) is 15.0. The molecule has 4 heteroatoms. The number of amides is 1. The molecular formula is C17H21N3O. The maximum absolute atomic E-state index is 11.9. The molecule has 0 saturated carbocycles. The summed E-state index contributed by atoms with van der Waals surface area (Å²) in [7, 11) is 0. The molecule has 2 N–H and O–H groups in total. The molecule has 1 aromatic carbocycles. The molecule has 0 spiro atoms. The maximum atomic E-state index is 11.9. The van der Waals surface area contributed by atoms with Crippen molar-refractivity contribution in [3.8, 4) is 0 Å². The molecule has 0 aliphatic heterocycles. The second-order valence-corrected chi connectivity index (χ2v) is 5.43. The van der Waals surface area contributed by atoms with Gasteiger partial charge in [-0.05, 0) is 32.4 Å². The molecule has 0 radical (unpaired) electrons. The van der Waals surface area contributed by atoms with Gasteiger partial charge in [0.1, 0.15) is 0 Å². The van der Waals surface area contributed by atoms with E-state index in [0.29, 0.717) is 12.1 Å². The van der Waals surface area contributed by atoms with E-state index in [9.17, 15) is 4.79 Å². The number of carbonyl (C=O) groups is 1. The Labute approximate surface area is 125 Å². The van der Waals surface area contributed by atoms with Gasteiger partial charge in [-0.2, -0.15) is 0 Å². The summed E-state index contributed by atoms with van der Waals surface area (Å²) < 4.78 is 0. The molecule has 4 nitrogen and oxygen atoms in total. The van der Waals surface area contributed by atoms with Gasteiger partial charge in [0.15, 0.2) is 0 Å². The van der Waals surface area contributed by atoms with Gasteiger partial charge in [-0.1, -0.05) is 29.8 Å². The quantitative estimate of drug-likeness (QED) is 0.886. The second kappa shape index (κ2) is 6.88. The number of hydrogen-bond donors (Lipinski definition) is 2. The highest BCUT2D eigenvalue weighted by Crippen LogP contribution is 2.11. The molecule has 2 rings (SSSR count).